The maximum atomic E-state index is 14.3. The average Bonchev–Trinajstić information content (AvgIpc) is 3.01. The van der Waals surface area contributed by atoms with Gasteiger partial charge in [-0.05, 0) is 56.0 Å². The van der Waals surface area contributed by atoms with E-state index < -0.39 is 29.0 Å². The number of amides is 1. The van der Waals surface area contributed by atoms with Gasteiger partial charge in [-0.1, -0.05) is 12.1 Å². The van der Waals surface area contributed by atoms with Crippen molar-refractivity contribution in [2.24, 2.45) is 4.99 Å². The van der Waals surface area contributed by atoms with Gasteiger partial charge in [-0.2, -0.15) is 5.10 Å². The summed E-state index contributed by atoms with van der Waals surface area (Å²) in [6, 6.07) is 7.18. The fraction of sp³-hybridized carbons (Fsp3) is 0.304. The third kappa shape index (κ3) is 2.50. The second kappa shape index (κ2) is 6.44. The largest absolute Gasteiger partial charge is 0.375 e. The Morgan fingerprint density at radius 2 is 1.84 bits per heavy atom. The van der Waals surface area contributed by atoms with Gasteiger partial charge in [0.15, 0.2) is 0 Å². The van der Waals surface area contributed by atoms with Crippen molar-refractivity contribution in [1.82, 2.24) is 15.1 Å². The molecule has 0 saturated heterocycles. The second-order valence-electron chi connectivity index (χ2n) is 8.65. The van der Waals surface area contributed by atoms with Crippen molar-refractivity contribution < 1.29 is 13.6 Å². The molecule has 3 aliphatic rings. The number of halogens is 2. The summed E-state index contributed by atoms with van der Waals surface area (Å²) in [7, 11) is 0. The molecule has 3 aromatic rings. The Kier molecular flexibility index (Phi) is 3.84. The lowest BCUT2D eigenvalue weighted by molar-refractivity contribution is -0.136. The summed E-state index contributed by atoms with van der Waals surface area (Å²) >= 11 is 0. The molecule has 0 unspecified atom stereocenters. The summed E-state index contributed by atoms with van der Waals surface area (Å²) in [5.41, 5.74) is 0.296. The lowest BCUT2D eigenvalue weighted by atomic mass is 9.76. The number of carbonyl (C=O) groups is 1. The molecule has 0 radical (unpaired) electrons. The molecule has 2 atom stereocenters. The van der Waals surface area contributed by atoms with E-state index in [2.05, 4.69) is 15.5 Å². The molecule has 32 heavy (non-hydrogen) atoms. The van der Waals surface area contributed by atoms with Crippen molar-refractivity contribution in [3.05, 3.63) is 69.6 Å². The Labute approximate surface area is 181 Å². The number of nitrogens with zero attached hydrogens (tertiary/aromatic N) is 3. The van der Waals surface area contributed by atoms with Gasteiger partial charge in [-0.25, -0.2) is 13.9 Å². The van der Waals surface area contributed by atoms with Crippen molar-refractivity contribution in [3.63, 3.8) is 0 Å². The van der Waals surface area contributed by atoms with Crippen LogP contribution in [0.25, 0.3) is 10.8 Å². The van der Waals surface area contributed by atoms with Crippen LogP contribution in [0.15, 0.2) is 46.2 Å². The van der Waals surface area contributed by atoms with Crippen molar-refractivity contribution in [3.8, 4) is 0 Å². The molecule has 7 nitrogen and oxygen atoms in total. The predicted octanol–water partition coefficient (Wildman–Crippen LogP) is 3.59. The number of hydrogen-bond donors (Lipinski definition) is 2. The van der Waals surface area contributed by atoms with E-state index in [1.807, 2.05) is 0 Å². The number of rotatable bonds is 2. The molecule has 3 heterocycles. The molecule has 162 valence electrons. The van der Waals surface area contributed by atoms with Gasteiger partial charge < -0.3 is 5.32 Å². The van der Waals surface area contributed by atoms with E-state index in [1.165, 1.54) is 24.3 Å². The first-order valence-electron chi connectivity index (χ1n) is 10.5. The van der Waals surface area contributed by atoms with Crippen molar-refractivity contribution in [2.45, 2.75) is 43.8 Å². The lowest BCUT2D eigenvalue weighted by Gasteiger charge is -2.41. The van der Waals surface area contributed by atoms with E-state index in [0.29, 0.717) is 41.0 Å². The van der Waals surface area contributed by atoms with Crippen LogP contribution in [0, 0.1) is 11.6 Å². The summed E-state index contributed by atoms with van der Waals surface area (Å²) in [6.45, 7) is 1.79. The van der Waals surface area contributed by atoms with Gasteiger partial charge in [0.05, 0.1) is 17.1 Å². The van der Waals surface area contributed by atoms with Crippen molar-refractivity contribution in [1.29, 1.82) is 0 Å². The minimum Gasteiger partial charge on any atom is -0.375 e. The standard InChI is InChI=1S/C23H19F2N5O2/c1-11-27-23(7-2-8-23)22(32)30(11)20-18(12-3-5-13(24)6-4-12)26-16-10-14(25)9-15-17(16)19(20)28-29-21(15)31/h3-6,9-10,18,20,26H,2,7-8H2,1H3,(H,29,31)/t18-,20-/m1/s1. The number of hydrogen-bond acceptors (Lipinski definition) is 5. The molecule has 1 spiro atoms. The molecule has 1 fully saturated rings. The minimum absolute atomic E-state index is 0.105. The van der Waals surface area contributed by atoms with E-state index in [4.69, 9.17) is 4.99 Å². The van der Waals surface area contributed by atoms with E-state index in [-0.39, 0.29) is 17.1 Å². The number of anilines is 1. The third-order valence-electron chi connectivity index (χ3n) is 6.82. The third-order valence-corrected chi connectivity index (χ3v) is 6.82. The maximum absolute atomic E-state index is 14.3. The van der Waals surface area contributed by atoms with Gasteiger partial charge in [0.2, 0.25) is 0 Å². The Morgan fingerprint density at radius 1 is 1.09 bits per heavy atom. The first kappa shape index (κ1) is 19.1. The van der Waals surface area contributed by atoms with Gasteiger partial charge in [0, 0.05) is 11.1 Å². The predicted molar refractivity (Wildman–Crippen MR) is 114 cm³/mol. The Balaban J connectivity index is 1.60. The number of carbonyl (C=O) groups excluding carboxylic acids is 1. The highest BCUT2D eigenvalue weighted by Crippen LogP contribution is 2.50. The minimum atomic E-state index is -0.734. The number of nitrogens with one attached hydrogen (secondary N) is 2. The monoisotopic (exact) mass is 435 g/mol. The van der Waals surface area contributed by atoms with Crippen LogP contribution in [0.5, 0.6) is 0 Å². The first-order chi connectivity index (χ1) is 15.4. The van der Waals surface area contributed by atoms with Crippen molar-refractivity contribution >= 4 is 28.2 Å². The lowest BCUT2D eigenvalue weighted by Crippen LogP contribution is -2.50. The molecule has 0 bridgehead atoms. The molecule has 6 rings (SSSR count). The summed E-state index contributed by atoms with van der Waals surface area (Å²) in [4.78, 5) is 32.3. The van der Waals surface area contributed by atoms with Crippen LogP contribution in [-0.4, -0.2) is 32.4 Å². The fourth-order valence-corrected chi connectivity index (χ4v) is 5.18. The number of aromatic nitrogens is 2. The van der Waals surface area contributed by atoms with Gasteiger partial charge in [-0.15, -0.1) is 0 Å². The average molecular weight is 435 g/mol. The molecule has 2 N–H and O–H groups in total. The quantitative estimate of drug-likeness (QED) is 0.644. The molecule has 1 saturated carbocycles. The van der Waals surface area contributed by atoms with Gasteiger partial charge in [0.25, 0.3) is 11.5 Å². The number of H-pyrrole nitrogens is 1. The van der Waals surface area contributed by atoms with E-state index >= 15 is 0 Å². The zero-order valence-electron chi connectivity index (χ0n) is 17.2. The van der Waals surface area contributed by atoms with Crippen LogP contribution in [-0.2, 0) is 4.79 Å². The fourth-order valence-electron chi connectivity index (χ4n) is 5.18. The van der Waals surface area contributed by atoms with E-state index in [1.54, 1.807) is 24.0 Å². The van der Waals surface area contributed by atoms with Gasteiger partial charge >= 0.3 is 0 Å². The molecule has 1 aliphatic carbocycles. The van der Waals surface area contributed by atoms with Crippen LogP contribution < -0.4 is 10.9 Å². The number of benzene rings is 2. The zero-order valence-corrected chi connectivity index (χ0v) is 17.2. The summed E-state index contributed by atoms with van der Waals surface area (Å²) < 4.78 is 28.0. The summed E-state index contributed by atoms with van der Waals surface area (Å²) in [5, 5.41) is 10.7. The highest BCUT2D eigenvalue weighted by atomic mass is 19.1. The molecular formula is C23H19F2N5O2. The van der Waals surface area contributed by atoms with Crippen LogP contribution in [0.3, 0.4) is 0 Å². The normalized spacial score (nSPS) is 23.3. The molecule has 1 amide bonds. The topological polar surface area (TPSA) is 90.5 Å². The molecule has 2 aromatic carbocycles. The molecular weight excluding hydrogens is 416 g/mol. The maximum Gasteiger partial charge on any atom is 0.272 e. The number of amidine groups is 1. The smallest absolute Gasteiger partial charge is 0.272 e. The van der Waals surface area contributed by atoms with E-state index in [0.717, 1.165) is 6.42 Å². The number of aromatic amines is 1. The van der Waals surface area contributed by atoms with Gasteiger partial charge in [0.1, 0.15) is 29.1 Å². The summed E-state index contributed by atoms with van der Waals surface area (Å²) in [5.74, 6) is -0.491. The van der Waals surface area contributed by atoms with Crippen LogP contribution in [0.1, 0.15) is 49.5 Å². The first-order valence-corrected chi connectivity index (χ1v) is 10.5. The van der Waals surface area contributed by atoms with Crippen LogP contribution in [0.2, 0.25) is 0 Å². The Bertz CT molecular complexity index is 1380. The second-order valence-corrected chi connectivity index (χ2v) is 8.65. The van der Waals surface area contributed by atoms with Crippen LogP contribution in [0.4, 0.5) is 14.5 Å². The Morgan fingerprint density at radius 3 is 2.50 bits per heavy atom. The molecule has 2 aliphatic heterocycles. The summed E-state index contributed by atoms with van der Waals surface area (Å²) in [6.07, 6.45) is 2.32. The molecule has 1 aromatic heterocycles. The Hall–Kier alpha value is -3.62. The highest BCUT2D eigenvalue weighted by Gasteiger charge is 2.55. The zero-order chi connectivity index (χ0) is 22.2. The SMILES string of the molecule is CC1=NC2(CCC2)C(=O)N1[C@H]1c2n[nH]c(=O)c3cc(F)cc(c23)N[C@@H]1c1ccc(F)cc1. The van der Waals surface area contributed by atoms with E-state index in [9.17, 15) is 18.4 Å². The van der Waals surface area contributed by atoms with Crippen LogP contribution >= 0.6 is 0 Å². The van der Waals surface area contributed by atoms with Gasteiger partial charge in [-0.3, -0.25) is 19.5 Å². The van der Waals surface area contributed by atoms with Crippen molar-refractivity contribution in [2.75, 3.05) is 5.32 Å². The highest BCUT2D eigenvalue weighted by molar-refractivity contribution is 6.09. The molecule has 9 heteroatoms. The number of aliphatic imine (C=N–C) groups is 1.